The molecule has 11 heavy (non-hydrogen) atoms. The van der Waals surface area contributed by atoms with Crippen LogP contribution >= 0.6 is 11.6 Å². The van der Waals surface area contributed by atoms with Crippen molar-refractivity contribution in [2.75, 3.05) is 7.05 Å². The molecule has 0 bridgehead atoms. The fraction of sp³-hybridized carbons (Fsp3) is 0.667. The lowest BCUT2D eigenvalue weighted by molar-refractivity contribution is -0.137. The van der Waals surface area contributed by atoms with Crippen molar-refractivity contribution < 1.29 is 14.7 Å². The number of aliphatic carboxylic acids is 1. The van der Waals surface area contributed by atoms with Crippen LogP contribution in [-0.4, -0.2) is 29.4 Å². The number of halogens is 1. The van der Waals surface area contributed by atoms with Crippen LogP contribution in [0.2, 0.25) is 0 Å². The van der Waals surface area contributed by atoms with Gasteiger partial charge in [0, 0.05) is 6.42 Å². The molecule has 0 aromatic heterocycles. The average Bonchev–Trinajstić information content (AvgIpc) is 1.87. The van der Waals surface area contributed by atoms with E-state index in [0.29, 0.717) is 0 Å². The zero-order chi connectivity index (χ0) is 8.85. The minimum atomic E-state index is -0.928. The number of carbonyl (C=O) groups excluding carboxylic acids is 1. The van der Waals surface area contributed by atoms with Crippen molar-refractivity contribution in [2.45, 2.75) is 18.9 Å². The first kappa shape index (κ1) is 10.4. The van der Waals surface area contributed by atoms with E-state index in [9.17, 15) is 9.59 Å². The molecular formula is C6H10ClNO3. The van der Waals surface area contributed by atoms with Crippen LogP contribution in [0.1, 0.15) is 12.8 Å². The summed E-state index contributed by atoms with van der Waals surface area (Å²) in [6.07, 6.45) is 0.179. The van der Waals surface area contributed by atoms with Gasteiger partial charge < -0.3 is 10.4 Å². The lowest BCUT2D eigenvalue weighted by Gasteiger charge is -2.08. The predicted molar refractivity (Wildman–Crippen MR) is 40.6 cm³/mol. The minimum absolute atomic E-state index is 0.0516. The molecule has 0 aliphatic heterocycles. The normalized spacial score (nSPS) is 12.5. The Bertz CT molecular complexity index is 160. The van der Waals surface area contributed by atoms with E-state index in [1.165, 1.54) is 0 Å². The maximum Gasteiger partial charge on any atom is 0.303 e. The molecule has 5 heteroatoms. The molecule has 0 spiro atoms. The Hall–Kier alpha value is -0.610. The van der Waals surface area contributed by atoms with Crippen LogP contribution < -0.4 is 5.32 Å². The van der Waals surface area contributed by atoms with Crippen molar-refractivity contribution in [2.24, 2.45) is 0 Å². The third kappa shape index (κ3) is 4.75. The number of carbonyl (C=O) groups is 2. The summed E-state index contributed by atoms with van der Waals surface area (Å²) in [5.74, 6) is -0.928. The summed E-state index contributed by atoms with van der Waals surface area (Å²) in [6.45, 7) is 0. The van der Waals surface area contributed by atoms with Gasteiger partial charge >= 0.3 is 5.97 Å². The molecule has 1 atom stereocenters. The number of nitrogens with one attached hydrogen (secondary N) is 1. The molecule has 2 N–H and O–H groups in total. The van der Waals surface area contributed by atoms with Gasteiger partial charge in [0.2, 0.25) is 5.24 Å². The number of hydrogen-bond donors (Lipinski definition) is 2. The molecular weight excluding hydrogens is 170 g/mol. The highest BCUT2D eigenvalue weighted by Crippen LogP contribution is 2.00. The first-order chi connectivity index (χ1) is 5.07. The van der Waals surface area contributed by atoms with Crippen LogP contribution in [0.3, 0.4) is 0 Å². The fourth-order valence-corrected chi connectivity index (χ4v) is 0.857. The van der Waals surface area contributed by atoms with Crippen molar-refractivity contribution in [1.29, 1.82) is 0 Å². The summed E-state index contributed by atoms with van der Waals surface area (Å²) >= 11 is 5.13. The summed E-state index contributed by atoms with van der Waals surface area (Å²) in [7, 11) is 1.56. The van der Waals surface area contributed by atoms with Crippen LogP contribution in [0.5, 0.6) is 0 Å². The molecule has 64 valence electrons. The molecule has 0 saturated carbocycles. The van der Waals surface area contributed by atoms with E-state index in [-0.39, 0.29) is 12.8 Å². The Balaban J connectivity index is 3.70. The van der Waals surface area contributed by atoms with Gasteiger partial charge in [-0.3, -0.25) is 9.59 Å². The molecule has 0 unspecified atom stereocenters. The maximum atomic E-state index is 10.5. The van der Waals surface area contributed by atoms with E-state index in [0.717, 1.165) is 0 Å². The number of carboxylic acids is 1. The van der Waals surface area contributed by atoms with Gasteiger partial charge in [-0.05, 0) is 25.1 Å². The lowest BCUT2D eigenvalue weighted by Crippen LogP contribution is -2.31. The summed E-state index contributed by atoms with van der Waals surface area (Å²) < 4.78 is 0. The molecule has 4 nitrogen and oxygen atoms in total. The van der Waals surface area contributed by atoms with E-state index in [1.807, 2.05) is 0 Å². The van der Waals surface area contributed by atoms with Gasteiger partial charge in [0.1, 0.15) is 0 Å². The highest BCUT2D eigenvalue weighted by Gasteiger charge is 2.14. The quantitative estimate of drug-likeness (QED) is 0.592. The van der Waals surface area contributed by atoms with Crippen LogP contribution in [0, 0.1) is 0 Å². The second kappa shape index (κ2) is 5.09. The van der Waals surface area contributed by atoms with E-state index >= 15 is 0 Å². The molecule has 0 rings (SSSR count). The Morgan fingerprint density at radius 1 is 1.64 bits per heavy atom. The van der Waals surface area contributed by atoms with Crippen LogP contribution in [0.15, 0.2) is 0 Å². The SMILES string of the molecule is CN[C@@H](CCC(=O)O)C(=O)Cl. The molecule has 0 fully saturated rings. The summed E-state index contributed by atoms with van der Waals surface area (Å²) in [5, 5.41) is 10.3. The Kier molecular flexibility index (Phi) is 4.81. The van der Waals surface area contributed by atoms with Crippen molar-refractivity contribution >= 4 is 22.8 Å². The number of rotatable bonds is 5. The maximum absolute atomic E-state index is 10.5. The van der Waals surface area contributed by atoms with E-state index in [2.05, 4.69) is 5.32 Å². The van der Waals surface area contributed by atoms with Gasteiger partial charge in [0.15, 0.2) is 0 Å². The molecule has 0 amide bonds. The van der Waals surface area contributed by atoms with Gasteiger partial charge in [-0.1, -0.05) is 0 Å². The van der Waals surface area contributed by atoms with Crippen molar-refractivity contribution in [3.8, 4) is 0 Å². The van der Waals surface area contributed by atoms with Gasteiger partial charge in [0.05, 0.1) is 6.04 Å². The van der Waals surface area contributed by atoms with Crippen molar-refractivity contribution in [3.05, 3.63) is 0 Å². The highest BCUT2D eigenvalue weighted by molar-refractivity contribution is 6.64. The lowest BCUT2D eigenvalue weighted by atomic mass is 10.2. The Labute approximate surface area is 69.5 Å². The largest absolute Gasteiger partial charge is 0.481 e. The van der Waals surface area contributed by atoms with E-state index in [1.54, 1.807) is 7.05 Å². The smallest absolute Gasteiger partial charge is 0.303 e. The topological polar surface area (TPSA) is 66.4 Å². The van der Waals surface area contributed by atoms with Crippen molar-refractivity contribution in [3.63, 3.8) is 0 Å². The third-order valence-corrected chi connectivity index (χ3v) is 1.53. The molecule has 0 radical (unpaired) electrons. The molecule has 0 aliphatic rings. The fourth-order valence-electron chi connectivity index (χ4n) is 0.639. The first-order valence-corrected chi connectivity index (χ1v) is 3.54. The summed E-state index contributed by atoms with van der Waals surface area (Å²) in [5.41, 5.74) is 0. The van der Waals surface area contributed by atoms with E-state index < -0.39 is 17.3 Å². The zero-order valence-corrected chi connectivity index (χ0v) is 6.89. The second-order valence-electron chi connectivity index (χ2n) is 2.08. The molecule has 0 heterocycles. The average molecular weight is 180 g/mol. The Morgan fingerprint density at radius 3 is 2.45 bits per heavy atom. The molecule has 0 aromatic carbocycles. The van der Waals surface area contributed by atoms with Gasteiger partial charge in [0.25, 0.3) is 0 Å². The monoisotopic (exact) mass is 179 g/mol. The minimum Gasteiger partial charge on any atom is -0.481 e. The van der Waals surface area contributed by atoms with Gasteiger partial charge in [-0.2, -0.15) is 0 Å². The molecule has 0 aromatic rings. The van der Waals surface area contributed by atoms with Gasteiger partial charge in [-0.15, -0.1) is 0 Å². The number of likely N-dealkylation sites (N-methyl/N-ethyl adjacent to an activating group) is 1. The highest BCUT2D eigenvalue weighted by atomic mass is 35.5. The van der Waals surface area contributed by atoms with Crippen LogP contribution in [-0.2, 0) is 9.59 Å². The number of hydrogen-bond acceptors (Lipinski definition) is 3. The first-order valence-electron chi connectivity index (χ1n) is 3.16. The summed E-state index contributed by atoms with van der Waals surface area (Å²) in [6, 6.07) is -0.548. The standard InChI is InChI=1S/C6H10ClNO3/c1-8-4(6(7)11)2-3-5(9)10/h4,8H,2-3H2,1H3,(H,9,10)/t4-/m0/s1. The van der Waals surface area contributed by atoms with Crippen LogP contribution in [0.4, 0.5) is 0 Å². The second-order valence-corrected chi connectivity index (χ2v) is 2.45. The van der Waals surface area contributed by atoms with Crippen LogP contribution in [0.25, 0.3) is 0 Å². The molecule has 0 saturated heterocycles. The third-order valence-electron chi connectivity index (χ3n) is 1.27. The van der Waals surface area contributed by atoms with Gasteiger partial charge in [-0.25, -0.2) is 0 Å². The van der Waals surface area contributed by atoms with E-state index in [4.69, 9.17) is 16.7 Å². The predicted octanol–water partition coefficient (Wildman–Crippen LogP) is 0.205. The zero-order valence-electron chi connectivity index (χ0n) is 6.13. The summed E-state index contributed by atoms with van der Waals surface area (Å²) in [4.78, 5) is 20.6. The molecule has 0 aliphatic carbocycles. The van der Waals surface area contributed by atoms with Crippen molar-refractivity contribution in [1.82, 2.24) is 5.32 Å². The number of carboxylic acid groups (broad SMARTS) is 1. The Morgan fingerprint density at radius 2 is 2.18 bits per heavy atom.